The lowest BCUT2D eigenvalue weighted by atomic mass is 10.3. The van der Waals surface area contributed by atoms with Gasteiger partial charge in [-0.05, 0) is 35.0 Å². The van der Waals surface area contributed by atoms with Crippen molar-refractivity contribution in [1.82, 2.24) is 10.3 Å². The van der Waals surface area contributed by atoms with Gasteiger partial charge in [0.2, 0.25) is 0 Å². The maximum atomic E-state index is 9.55. The van der Waals surface area contributed by atoms with Crippen LogP contribution in [-0.4, -0.2) is 53.3 Å². The molecule has 9 heteroatoms. The molecule has 126 valence electrons. The molecule has 7 nitrogen and oxygen atoms in total. The summed E-state index contributed by atoms with van der Waals surface area (Å²) < 4.78 is 0.709. The standard InChI is InChI=1S/C10H13BrClN3.C4H4O4/c11-10-9(12)6-8(7-14-10)15-4-1-2-13-3-5-15;5-3(6)1-2-4(7)8/h6-7,13H,1-5H2;1-2H,(H,5,6)(H,7,8)/b;2-1+. The minimum absolute atomic E-state index is 0.558. The van der Waals surface area contributed by atoms with Gasteiger partial charge in [-0.25, -0.2) is 14.6 Å². The third-order valence-electron chi connectivity index (χ3n) is 2.86. The van der Waals surface area contributed by atoms with Gasteiger partial charge in [-0.2, -0.15) is 0 Å². The van der Waals surface area contributed by atoms with Crippen molar-refractivity contribution in [2.45, 2.75) is 6.42 Å². The molecule has 23 heavy (non-hydrogen) atoms. The number of hydrogen-bond acceptors (Lipinski definition) is 5. The van der Waals surface area contributed by atoms with E-state index in [1.54, 1.807) is 0 Å². The first-order valence-electron chi connectivity index (χ1n) is 6.81. The maximum Gasteiger partial charge on any atom is 0.328 e. The van der Waals surface area contributed by atoms with Crippen molar-refractivity contribution in [3.05, 3.63) is 34.0 Å². The van der Waals surface area contributed by atoms with E-state index >= 15 is 0 Å². The molecule has 0 radical (unpaired) electrons. The number of carboxylic acid groups (broad SMARTS) is 2. The number of nitrogens with one attached hydrogen (secondary N) is 1. The quantitative estimate of drug-likeness (QED) is 0.521. The van der Waals surface area contributed by atoms with Gasteiger partial charge in [0, 0.05) is 31.8 Å². The fourth-order valence-corrected chi connectivity index (χ4v) is 2.21. The summed E-state index contributed by atoms with van der Waals surface area (Å²) in [6.45, 7) is 4.19. The SMILES string of the molecule is Clc1cc(N2CCCNCC2)cnc1Br.O=C(O)/C=C/C(=O)O. The van der Waals surface area contributed by atoms with E-state index in [-0.39, 0.29) is 0 Å². The Kier molecular flexibility index (Phi) is 8.60. The van der Waals surface area contributed by atoms with Crippen molar-refractivity contribution in [3.8, 4) is 0 Å². The summed E-state index contributed by atoms with van der Waals surface area (Å²) in [7, 11) is 0. The predicted molar refractivity (Wildman–Crippen MR) is 91.1 cm³/mol. The lowest BCUT2D eigenvalue weighted by Crippen LogP contribution is -2.27. The summed E-state index contributed by atoms with van der Waals surface area (Å²) in [5.74, 6) is -2.51. The second-order valence-electron chi connectivity index (χ2n) is 4.57. The van der Waals surface area contributed by atoms with Crippen LogP contribution in [0.5, 0.6) is 0 Å². The summed E-state index contributed by atoms with van der Waals surface area (Å²) in [4.78, 5) is 25.6. The number of aromatic nitrogens is 1. The van der Waals surface area contributed by atoms with Gasteiger partial charge in [0.15, 0.2) is 0 Å². The fourth-order valence-electron chi connectivity index (χ4n) is 1.83. The molecule has 1 aromatic rings. The lowest BCUT2D eigenvalue weighted by Gasteiger charge is -2.22. The Labute approximate surface area is 147 Å². The van der Waals surface area contributed by atoms with Crippen LogP contribution in [0.15, 0.2) is 29.0 Å². The van der Waals surface area contributed by atoms with Gasteiger partial charge < -0.3 is 20.4 Å². The number of rotatable bonds is 3. The van der Waals surface area contributed by atoms with Crippen LogP contribution in [0.3, 0.4) is 0 Å². The first kappa shape index (κ1) is 19.4. The van der Waals surface area contributed by atoms with Crippen molar-refractivity contribution in [2.75, 3.05) is 31.1 Å². The highest BCUT2D eigenvalue weighted by Gasteiger charge is 2.11. The molecule has 1 aliphatic rings. The number of anilines is 1. The van der Waals surface area contributed by atoms with Crippen LogP contribution in [0.2, 0.25) is 5.02 Å². The molecule has 2 heterocycles. The molecule has 0 amide bonds. The predicted octanol–water partition coefficient (Wildman–Crippen LogP) is 2.01. The molecule has 1 aromatic heterocycles. The van der Waals surface area contributed by atoms with E-state index in [1.807, 2.05) is 12.3 Å². The summed E-state index contributed by atoms with van der Waals surface area (Å²) in [6.07, 6.45) is 4.14. The molecule has 1 fully saturated rings. The molecule has 1 saturated heterocycles. The number of carboxylic acids is 2. The maximum absolute atomic E-state index is 9.55. The van der Waals surface area contributed by atoms with Gasteiger partial charge in [-0.1, -0.05) is 11.6 Å². The molecule has 2 rings (SSSR count). The molecule has 0 saturated carbocycles. The minimum Gasteiger partial charge on any atom is -0.478 e. The highest BCUT2D eigenvalue weighted by atomic mass is 79.9. The molecule has 1 aliphatic heterocycles. The van der Waals surface area contributed by atoms with E-state index in [2.05, 4.69) is 31.1 Å². The van der Waals surface area contributed by atoms with Gasteiger partial charge in [0.05, 0.1) is 16.9 Å². The van der Waals surface area contributed by atoms with Crippen LogP contribution in [0.1, 0.15) is 6.42 Å². The van der Waals surface area contributed by atoms with Crippen LogP contribution in [0.4, 0.5) is 5.69 Å². The van der Waals surface area contributed by atoms with Crippen LogP contribution in [0.25, 0.3) is 0 Å². The molecule has 0 unspecified atom stereocenters. The molecule has 0 spiro atoms. The topological polar surface area (TPSA) is 103 Å². The minimum atomic E-state index is -1.26. The summed E-state index contributed by atoms with van der Waals surface area (Å²) in [6, 6.07) is 1.96. The van der Waals surface area contributed by atoms with E-state index in [0.717, 1.165) is 38.3 Å². The molecular weight excluding hydrogens is 390 g/mol. The summed E-state index contributed by atoms with van der Waals surface area (Å²) in [5, 5.41) is 19.7. The third kappa shape index (κ3) is 7.96. The first-order valence-corrected chi connectivity index (χ1v) is 7.98. The van der Waals surface area contributed by atoms with Gasteiger partial charge in [0.25, 0.3) is 0 Å². The molecule has 0 aromatic carbocycles. The highest BCUT2D eigenvalue weighted by Crippen LogP contribution is 2.25. The lowest BCUT2D eigenvalue weighted by molar-refractivity contribution is -0.134. The third-order valence-corrected chi connectivity index (χ3v) is 4.00. The first-order chi connectivity index (χ1) is 10.9. The largest absolute Gasteiger partial charge is 0.478 e. The van der Waals surface area contributed by atoms with Crippen molar-refractivity contribution >= 4 is 45.2 Å². The van der Waals surface area contributed by atoms with Crippen LogP contribution in [-0.2, 0) is 9.59 Å². The summed E-state index contributed by atoms with van der Waals surface area (Å²) in [5.41, 5.74) is 1.10. The summed E-state index contributed by atoms with van der Waals surface area (Å²) >= 11 is 9.32. The normalized spacial score (nSPS) is 14.8. The van der Waals surface area contributed by atoms with Crippen molar-refractivity contribution in [1.29, 1.82) is 0 Å². The highest BCUT2D eigenvalue weighted by molar-refractivity contribution is 9.10. The molecule has 0 aliphatic carbocycles. The van der Waals surface area contributed by atoms with Gasteiger partial charge >= 0.3 is 11.9 Å². The smallest absolute Gasteiger partial charge is 0.328 e. The number of hydrogen-bond donors (Lipinski definition) is 3. The number of pyridine rings is 1. The average Bonchev–Trinajstić information content (AvgIpc) is 2.78. The van der Waals surface area contributed by atoms with E-state index in [9.17, 15) is 9.59 Å². The second-order valence-corrected chi connectivity index (χ2v) is 5.72. The monoisotopic (exact) mass is 405 g/mol. The zero-order valence-electron chi connectivity index (χ0n) is 12.2. The Morgan fingerprint density at radius 2 is 1.91 bits per heavy atom. The molecule has 3 N–H and O–H groups in total. The number of carbonyl (C=O) groups is 2. The van der Waals surface area contributed by atoms with Crippen LogP contribution >= 0.6 is 27.5 Å². The van der Waals surface area contributed by atoms with E-state index in [4.69, 9.17) is 21.8 Å². The van der Waals surface area contributed by atoms with E-state index < -0.39 is 11.9 Å². The molecule has 0 bridgehead atoms. The van der Waals surface area contributed by atoms with Crippen molar-refractivity contribution in [2.24, 2.45) is 0 Å². The average molecular weight is 407 g/mol. The Balaban J connectivity index is 0.000000284. The molecule has 0 atom stereocenters. The van der Waals surface area contributed by atoms with Crippen molar-refractivity contribution in [3.63, 3.8) is 0 Å². The van der Waals surface area contributed by atoms with E-state index in [0.29, 0.717) is 21.8 Å². The zero-order valence-corrected chi connectivity index (χ0v) is 14.5. The number of halogens is 2. The second kappa shape index (κ2) is 10.2. The van der Waals surface area contributed by atoms with Gasteiger partial charge in [-0.3, -0.25) is 0 Å². The van der Waals surface area contributed by atoms with Crippen LogP contribution in [0, 0.1) is 0 Å². The Hall–Kier alpha value is -1.64. The van der Waals surface area contributed by atoms with Gasteiger partial charge in [0.1, 0.15) is 4.60 Å². The zero-order chi connectivity index (χ0) is 17.2. The Morgan fingerprint density at radius 3 is 2.48 bits per heavy atom. The van der Waals surface area contributed by atoms with Crippen LogP contribution < -0.4 is 10.2 Å². The fraction of sp³-hybridized carbons (Fsp3) is 0.357. The van der Waals surface area contributed by atoms with E-state index in [1.165, 1.54) is 0 Å². The Morgan fingerprint density at radius 1 is 1.26 bits per heavy atom. The van der Waals surface area contributed by atoms with Crippen molar-refractivity contribution < 1.29 is 19.8 Å². The van der Waals surface area contributed by atoms with Gasteiger partial charge in [-0.15, -0.1) is 0 Å². The number of nitrogens with zero attached hydrogens (tertiary/aromatic N) is 2. The Bertz CT molecular complexity index is 559. The number of aliphatic carboxylic acids is 2. The molecular formula is C14H17BrClN3O4.